The standard InChI is InChI=1S/C15H17N3OS/c1-19-12-7-5-11(6-8-12)13-10-20-15(17-13)18-14-4-2-3-9-16-14/h5-8,10H,2-4,9H2,1H3,(H,16,17,18). The highest BCUT2D eigenvalue weighted by Crippen LogP contribution is 2.26. The van der Waals surface area contributed by atoms with Gasteiger partial charge >= 0.3 is 0 Å². The molecule has 0 bridgehead atoms. The molecule has 1 aromatic carbocycles. The summed E-state index contributed by atoms with van der Waals surface area (Å²) in [6, 6.07) is 7.95. The van der Waals surface area contributed by atoms with Gasteiger partial charge in [0.15, 0.2) is 5.13 Å². The first-order valence-electron chi connectivity index (χ1n) is 6.75. The van der Waals surface area contributed by atoms with E-state index in [9.17, 15) is 0 Å². The fourth-order valence-corrected chi connectivity index (χ4v) is 2.89. The summed E-state index contributed by atoms with van der Waals surface area (Å²) in [6.45, 7) is 0.930. The Morgan fingerprint density at radius 3 is 2.75 bits per heavy atom. The Kier molecular flexibility index (Phi) is 3.97. The first-order chi connectivity index (χ1) is 9.85. The number of aromatic nitrogens is 1. The predicted molar refractivity (Wildman–Crippen MR) is 83.9 cm³/mol. The molecule has 4 nitrogen and oxygen atoms in total. The summed E-state index contributed by atoms with van der Waals surface area (Å²) >= 11 is 1.61. The number of hydrogen-bond acceptors (Lipinski definition) is 5. The molecule has 0 radical (unpaired) electrons. The predicted octanol–water partition coefficient (Wildman–Crippen LogP) is 3.81. The van der Waals surface area contributed by atoms with Crippen LogP contribution in [0.1, 0.15) is 19.3 Å². The van der Waals surface area contributed by atoms with E-state index in [1.54, 1.807) is 18.4 Å². The summed E-state index contributed by atoms with van der Waals surface area (Å²) in [5.41, 5.74) is 2.08. The molecule has 0 saturated carbocycles. The largest absolute Gasteiger partial charge is 0.497 e. The van der Waals surface area contributed by atoms with E-state index >= 15 is 0 Å². The molecule has 2 aromatic rings. The smallest absolute Gasteiger partial charge is 0.188 e. The number of rotatable bonds is 3. The molecule has 1 N–H and O–H groups in total. The Hall–Kier alpha value is -1.88. The van der Waals surface area contributed by atoms with Gasteiger partial charge in [0.25, 0.3) is 0 Å². The number of anilines is 1. The lowest BCUT2D eigenvalue weighted by atomic mass is 10.2. The molecule has 1 aliphatic heterocycles. The van der Waals surface area contributed by atoms with Crippen LogP contribution in [0.4, 0.5) is 5.13 Å². The van der Waals surface area contributed by atoms with Crippen LogP contribution in [0, 0.1) is 0 Å². The summed E-state index contributed by atoms with van der Waals surface area (Å²) in [5.74, 6) is 1.92. The summed E-state index contributed by atoms with van der Waals surface area (Å²) < 4.78 is 5.16. The highest BCUT2D eigenvalue weighted by molar-refractivity contribution is 7.14. The molecule has 3 rings (SSSR count). The minimum Gasteiger partial charge on any atom is -0.497 e. The number of aliphatic imine (C=N–C) groups is 1. The number of methoxy groups -OCH3 is 1. The van der Waals surface area contributed by atoms with Crippen LogP contribution in [0.2, 0.25) is 0 Å². The molecule has 1 aliphatic rings. The van der Waals surface area contributed by atoms with Gasteiger partial charge in [-0.05, 0) is 37.1 Å². The van der Waals surface area contributed by atoms with Crippen molar-refractivity contribution in [2.45, 2.75) is 19.3 Å². The number of benzene rings is 1. The summed E-state index contributed by atoms with van der Waals surface area (Å²) in [5, 5.41) is 6.30. The summed E-state index contributed by atoms with van der Waals surface area (Å²) in [7, 11) is 1.67. The Balaban J connectivity index is 1.73. The third-order valence-electron chi connectivity index (χ3n) is 3.27. The average molecular weight is 287 g/mol. The maximum Gasteiger partial charge on any atom is 0.188 e. The van der Waals surface area contributed by atoms with Gasteiger partial charge in [-0.15, -0.1) is 11.3 Å². The number of hydrogen-bond donors (Lipinski definition) is 1. The Bertz CT molecular complexity index is 604. The first kappa shape index (κ1) is 13.1. The second kappa shape index (κ2) is 6.05. The second-order valence-electron chi connectivity index (χ2n) is 4.68. The van der Waals surface area contributed by atoms with Crippen LogP contribution in [0.25, 0.3) is 11.3 Å². The van der Waals surface area contributed by atoms with Crippen molar-refractivity contribution >= 4 is 22.3 Å². The van der Waals surface area contributed by atoms with Gasteiger partial charge in [-0.1, -0.05) is 0 Å². The normalized spacial score (nSPS) is 14.8. The number of nitrogens with zero attached hydrogens (tertiary/aromatic N) is 2. The molecule has 0 unspecified atom stereocenters. The lowest BCUT2D eigenvalue weighted by Crippen LogP contribution is -2.15. The van der Waals surface area contributed by atoms with Crippen LogP contribution >= 0.6 is 11.3 Å². The third kappa shape index (κ3) is 2.99. The summed E-state index contributed by atoms with van der Waals surface area (Å²) in [6.07, 6.45) is 3.43. The molecule has 0 fully saturated rings. The maximum atomic E-state index is 5.16. The van der Waals surface area contributed by atoms with E-state index < -0.39 is 0 Å². The maximum absolute atomic E-state index is 5.16. The Labute approximate surface area is 122 Å². The van der Waals surface area contributed by atoms with Gasteiger partial charge in [0.2, 0.25) is 0 Å². The lowest BCUT2D eigenvalue weighted by molar-refractivity contribution is 0.415. The molecule has 20 heavy (non-hydrogen) atoms. The van der Waals surface area contributed by atoms with E-state index in [1.165, 1.54) is 12.8 Å². The molecule has 0 atom stereocenters. The topological polar surface area (TPSA) is 46.5 Å². The highest BCUT2D eigenvalue weighted by atomic mass is 32.1. The molecular weight excluding hydrogens is 270 g/mol. The van der Waals surface area contributed by atoms with Crippen LogP contribution in [-0.2, 0) is 0 Å². The number of amidine groups is 1. The van der Waals surface area contributed by atoms with Gasteiger partial charge in [-0.3, -0.25) is 4.99 Å². The molecule has 104 valence electrons. The molecule has 1 aromatic heterocycles. The molecule has 0 spiro atoms. The van der Waals surface area contributed by atoms with Crippen LogP contribution in [0.15, 0.2) is 34.6 Å². The quantitative estimate of drug-likeness (QED) is 0.933. The molecule has 2 heterocycles. The lowest BCUT2D eigenvalue weighted by Gasteiger charge is -2.11. The van der Waals surface area contributed by atoms with Crippen molar-refractivity contribution in [1.29, 1.82) is 0 Å². The van der Waals surface area contributed by atoms with E-state index in [4.69, 9.17) is 4.74 Å². The molecule has 5 heteroatoms. The van der Waals surface area contributed by atoms with Crippen molar-refractivity contribution in [3.63, 3.8) is 0 Å². The van der Waals surface area contributed by atoms with Crippen LogP contribution < -0.4 is 10.1 Å². The van der Waals surface area contributed by atoms with Crippen molar-refractivity contribution in [2.75, 3.05) is 19.0 Å². The van der Waals surface area contributed by atoms with Gasteiger partial charge in [-0.25, -0.2) is 4.98 Å². The van der Waals surface area contributed by atoms with Crippen molar-refractivity contribution < 1.29 is 4.74 Å². The van der Waals surface area contributed by atoms with Crippen molar-refractivity contribution in [3.8, 4) is 17.0 Å². The molecule has 0 amide bonds. The zero-order valence-corrected chi connectivity index (χ0v) is 12.2. The van der Waals surface area contributed by atoms with Crippen molar-refractivity contribution in [1.82, 2.24) is 4.98 Å². The van der Waals surface area contributed by atoms with Crippen LogP contribution in [0.5, 0.6) is 5.75 Å². The minimum absolute atomic E-state index is 0.860. The second-order valence-corrected chi connectivity index (χ2v) is 5.54. The Morgan fingerprint density at radius 1 is 1.20 bits per heavy atom. The fraction of sp³-hybridized carbons (Fsp3) is 0.333. The van der Waals surface area contributed by atoms with Gasteiger partial charge in [-0.2, -0.15) is 0 Å². The van der Waals surface area contributed by atoms with Crippen molar-refractivity contribution in [2.24, 2.45) is 4.99 Å². The van der Waals surface area contributed by atoms with Gasteiger partial charge in [0.1, 0.15) is 11.6 Å². The van der Waals surface area contributed by atoms with Gasteiger partial charge < -0.3 is 10.1 Å². The number of thiazole rings is 1. The third-order valence-corrected chi connectivity index (χ3v) is 4.02. The monoisotopic (exact) mass is 287 g/mol. The molecule has 0 saturated heterocycles. The van der Waals surface area contributed by atoms with E-state index in [-0.39, 0.29) is 0 Å². The van der Waals surface area contributed by atoms with E-state index in [2.05, 4.69) is 20.7 Å². The van der Waals surface area contributed by atoms with E-state index in [0.717, 1.165) is 40.9 Å². The SMILES string of the molecule is COc1ccc(-c2csc(NC3=NCCCC3)n2)cc1. The highest BCUT2D eigenvalue weighted by Gasteiger charge is 2.09. The minimum atomic E-state index is 0.860. The van der Waals surface area contributed by atoms with Crippen LogP contribution in [-0.4, -0.2) is 24.5 Å². The number of nitrogens with one attached hydrogen (secondary N) is 1. The molecular formula is C15H17N3OS. The van der Waals surface area contributed by atoms with E-state index in [0.29, 0.717) is 0 Å². The van der Waals surface area contributed by atoms with Gasteiger partial charge in [0, 0.05) is 23.9 Å². The van der Waals surface area contributed by atoms with Crippen molar-refractivity contribution in [3.05, 3.63) is 29.6 Å². The summed E-state index contributed by atoms with van der Waals surface area (Å²) in [4.78, 5) is 9.10. The van der Waals surface area contributed by atoms with Crippen LogP contribution in [0.3, 0.4) is 0 Å². The fourth-order valence-electron chi connectivity index (χ4n) is 2.15. The molecule has 0 aliphatic carbocycles. The van der Waals surface area contributed by atoms with E-state index in [1.807, 2.05) is 24.3 Å². The average Bonchev–Trinajstić information content (AvgIpc) is 2.97. The number of ether oxygens (including phenoxy) is 1. The first-order valence-corrected chi connectivity index (χ1v) is 7.63. The van der Waals surface area contributed by atoms with Gasteiger partial charge in [0.05, 0.1) is 12.8 Å². The zero-order chi connectivity index (χ0) is 13.8. The zero-order valence-electron chi connectivity index (χ0n) is 11.4. The Morgan fingerprint density at radius 2 is 2.05 bits per heavy atom.